The number of nitrogens with one attached hydrogen (secondary N) is 1. The number of phenolic OH excluding ortho intramolecular Hbond substituents is 1. The van der Waals surface area contributed by atoms with Crippen LogP contribution >= 0.6 is 0 Å². The van der Waals surface area contributed by atoms with E-state index in [1.807, 2.05) is 12.1 Å². The van der Waals surface area contributed by atoms with Crippen molar-refractivity contribution in [3.05, 3.63) is 95.6 Å². The Morgan fingerprint density at radius 2 is 1.40 bits per heavy atom. The number of phenols is 1. The van der Waals surface area contributed by atoms with E-state index in [9.17, 15) is 15.0 Å². The molecule has 0 aliphatic rings. The molecule has 0 aliphatic carbocycles. The summed E-state index contributed by atoms with van der Waals surface area (Å²) in [5, 5.41) is 23.9. The van der Waals surface area contributed by atoms with E-state index in [1.54, 1.807) is 67.6 Å². The van der Waals surface area contributed by atoms with E-state index in [0.717, 1.165) is 0 Å². The Balaban J connectivity index is 2.02. The van der Waals surface area contributed by atoms with Gasteiger partial charge in [-0.3, -0.25) is 4.79 Å². The molecule has 3 rings (SSSR count). The molecule has 0 bridgehead atoms. The van der Waals surface area contributed by atoms with Crippen LogP contribution in [0.2, 0.25) is 0 Å². The number of rotatable bonds is 4. The number of anilines is 1. The smallest absolute Gasteiger partial charge is 0.265 e. The number of aromatic hydroxyl groups is 1. The third kappa shape index (κ3) is 3.25. The number of carbonyl (C=O) groups is 1. The predicted octanol–water partition coefficient (Wildman–Crippen LogP) is 3.58. The molecular formula is C21H19NO3. The molecule has 0 aromatic heterocycles. The maximum absolute atomic E-state index is 13.0. The van der Waals surface area contributed by atoms with Crippen LogP contribution in [0.25, 0.3) is 0 Å². The molecule has 4 nitrogen and oxygen atoms in total. The molecule has 0 spiro atoms. The Morgan fingerprint density at radius 1 is 0.880 bits per heavy atom. The molecule has 0 aliphatic heterocycles. The van der Waals surface area contributed by atoms with E-state index in [-0.39, 0.29) is 5.75 Å². The van der Waals surface area contributed by atoms with E-state index >= 15 is 0 Å². The van der Waals surface area contributed by atoms with Crippen molar-refractivity contribution in [2.45, 2.75) is 12.5 Å². The first-order chi connectivity index (χ1) is 12.0. The van der Waals surface area contributed by atoms with Crippen LogP contribution in [0, 0.1) is 6.92 Å². The fourth-order valence-electron chi connectivity index (χ4n) is 2.70. The number of aliphatic hydroxyl groups is 1. The minimum atomic E-state index is -1.84. The standard InChI is InChI=1S/C21H19NO3/c1-15-12-13-18(14-19(15)23)22-20(24)21(25,16-8-4-2-5-9-16)17-10-6-3-7-11-17/h2-14,23,25H,1H3,(H,22,24). The maximum atomic E-state index is 13.0. The lowest BCUT2D eigenvalue weighted by Gasteiger charge is -2.28. The largest absolute Gasteiger partial charge is 0.508 e. The topological polar surface area (TPSA) is 69.6 Å². The van der Waals surface area contributed by atoms with Crippen molar-refractivity contribution in [3.8, 4) is 5.75 Å². The lowest BCUT2D eigenvalue weighted by atomic mass is 9.85. The Morgan fingerprint density at radius 3 is 1.88 bits per heavy atom. The SMILES string of the molecule is Cc1ccc(NC(=O)C(O)(c2ccccc2)c2ccccc2)cc1O. The number of benzene rings is 3. The van der Waals surface area contributed by atoms with Gasteiger partial charge in [0.1, 0.15) is 5.75 Å². The van der Waals surface area contributed by atoms with Gasteiger partial charge in [-0.15, -0.1) is 0 Å². The average Bonchev–Trinajstić information content (AvgIpc) is 2.65. The average molecular weight is 333 g/mol. The van der Waals surface area contributed by atoms with E-state index in [4.69, 9.17) is 0 Å². The summed E-state index contributed by atoms with van der Waals surface area (Å²) in [6.07, 6.45) is 0. The summed E-state index contributed by atoms with van der Waals surface area (Å²) in [6.45, 7) is 1.77. The minimum Gasteiger partial charge on any atom is -0.508 e. The van der Waals surface area contributed by atoms with Gasteiger partial charge in [-0.2, -0.15) is 0 Å². The molecule has 126 valence electrons. The molecule has 0 fully saturated rings. The summed E-state index contributed by atoms with van der Waals surface area (Å²) in [7, 11) is 0. The summed E-state index contributed by atoms with van der Waals surface area (Å²) in [5.41, 5.74) is 0.214. The molecule has 0 saturated heterocycles. The van der Waals surface area contributed by atoms with Gasteiger partial charge in [0.05, 0.1) is 0 Å². The Bertz CT molecular complexity index is 837. The van der Waals surface area contributed by atoms with Crippen molar-refractivity contribution in [1.82, 2.24) is 0 Å². The number of hydrogen-bond donors (Lipinski definition) is 3. The normalized spacial score (nSPS) is 11.1. The van der Waals surface area contributed by atoms with Crippen LogP contribution in [0.5, 0.6) is 5.75 Å². The molecule has 3 aromatic rings. The zero-order chi connectivity index (χ0) is 17.9. The van der Waals surface area contributed by atoms with Gasteiger partial charge in [0.25, 0.3) is 5.91 Å². The zero-order valence-electron chi connectivity index (χ0n) is 13.8. The van der Waals surface area contributed by atoms with Crippen molar-refractivity contribution in [2.75, 3.05) is 5.32 Å². The van der Waals surface area contributed by atoms with Crippen molar-refractivity contribution in [3.63, 3.8) is 0 Å². The third-order valence-corrected chi connectivity index (χ3v) is 4.18. The molecule has 25 heavy (non-hydrogen) atoms. The van der Waals surface area contributed by atoms with Crippen LogP contribution in [0.3, 0.4) is 0 Å². The van der Waals surface area contributed by atoms with Crippen LogP contribution in [0.4, 0.5) is 5.69 Å². The maximum Gasteiger partial charge on any atom is 0.265 e. The molecule has 0 heterocycles. The van der Waals surface area contributed by atoms with Gasteiger partial charge in [0, 0.05) is 11.8 Å². The second-order valence-electron chi connectivity index (χ2n) is 5.90. The van der Waals surface area contributed by atoms with Gasteiger partial charge in [0.15, 0.2) is 5.60 Å². The second-order valence-corrected chi connectivity index (χ2v) is 5.90. The highest BCUT2D eigenvalue weighted by atomic mass is 16.3. The predicted molar refractivity (Wildman–Crippen MR) is 97.4 cm³/mol. The molecule has 0 unspecified atom stereocenters. The lowest BCUT2D eigenvalue weighted by molar-refractivity contribution is -0.131. The lowest BCUT2D eigenvalue weighted by Crippen LogP contribution is -2.41. The van der Waals surface area contributed by atoms with Gasteiger partial charge in [-0.25, -0.2) is 0 Å². The second kappa shape index (κ2) is 6.79. The molecule has 3 aromatic carbocycles. The molecule has 0 atom stereocenters. The van der Waals surface area contributed by atoms with Crippen LogP contribution in [0.15, 0.2) is 78.9 Å². The van der Waals surface area contributed by atoms with Crippen LogP contribution < -0.4 is 5.32 Å². The van der Waals surface area contributed by atoms with Crippen LogP contribution in [-0.2, 0) is 10.4 Å². The molecule has 0 saturated carbocycles. The number of amides is 1. The molecular weight excluding hydrogens is 314 g/mol. The van der Waals surface area contributed by atoms with E-state index in [0.29, 0.717) is 22.4 Å². The summed E-state index contributed by atoms with van der Waals surface area (Å²) in [5.74, 6) is -0.506. The van der Waals surface area contributed by atoms with Crippen LogP contribution in [-0.4, -0.2) is 16.1 Å². The number of aryl methyl sites for hydroxylation is 1. The van der Waals surface area contributed by atoms with Crippen LogP contribution in [0.1, 0.15) is 16.7 Å². The monoisotopic (exact) mass is 333 g/mol. The van der Waals surface area contributed by atoms with E-state index < -0.39 is 11.5 Å². The Labute approximate surface area is 146 Å². The summed E-state index contributed by atoms with van der Waals surface area (Å²) in [6, 6.07) is 22.4. The third-order valence-electron chi connectivity index (χ3n) is 4.18. The highest BCUT2D eigenvalue weighted by Gasteiger charge is 2.39. The van der Waals surface area contributed by atoms with Crippen molar-refractivity contribution < 1.29 is 15.0 Å². The molecule has 3 N–H and O–H groups in total. The van der Waals surface area contributed by atoms with E-state index in [2.05, 4.69) is 5.32 Å². The van der Waals surface area contributed by atoms with Gasteiger partial charge < -0.3 is 15.5 Å². The Hall–Kier alpha value is -3.11. The summed E-state index contributed by atoms with van der Waals surface area (Å²) < 4.78 is 0. The molecule has 1 amide bonds. The van der Waals surface area contributed by atoms with Crippen molar-refractivity contribution >= 4 is 11.6 Å². The first kappa shape index (κ1) is 16.7. The van der Waals surface area contributed by atoms with Gasteiger partial charge in [0.2, 0.25) is 0 Å². The summed E-state index contributed by atoms with van der Waals surface area (Å²) in [4.78, 5) is 13.0. The van der Waals surface area contributed by atoms with Crippen molar-refractivity contribution in [1.29, 1.82) is 0 Å². The first-order valence-electron chi connectivity index (χ1n) is 7.96. The number of carbonyl (C=O) groups excluding carboxylic acids is 1. The fraction of sp³-hybridized carbons (Fsp3) is 0.0952. The number of hydrogen-bond acceptors (Lipinski definition) is 3. The van der Waals surface area contributed by atoms with Gasteiger partial charge >= 0.3 is 0 Å². The zero-order valence-corrected chi connectivity index (χ0v) is 13.8. The Kier molecular flexibility index (Phi) is 4.55. The summed E-state index contributed by atoms with van der Waals surface area (Å²) >= 11 is 0. The quantitative estimate of drug-likeness (QED) is 0.683. The first-order valence-corrected chi connectivity index (χ1v) is 7.96. The highest BCUT2D eigenvalue weighted by Crippen LogP contribution is 2.31. The minimum absolute atomic E-state index is 0.0840. The molecule has 4 heteroatoms. The highest BCUT2D eigenvalue weighted by molar-refractivity contribution is 6.00. The van der Waals surface area contributed by atoms with E-state index in [1.165, 1.54) is 6.07 Å². The van der Waals surface area contributed by atoms with Gasteiger partial charge in [-0.1, -0.05) is 66.7 Å². The van der Waals surface area contributed by atoms with Crippen molar-refractivity contribution in [2.24, 2.45) is 0 Å². The molecule has 0 radical (unpaired) electrons. The van der Waals surface area contributed by atoms with Gasteiger partial charge in [-0.05, 0) is 29.7 Å². The fourth-order valence-corrected chi connectivity index (χ4v) is 2.70.